The van der Waals surface area contributed by atoms with E-state index in [4.69, 9.17) is 11.6 Å². The van der Waals surface area contributed by atoms with E-state index < -0.39 is 0 Å². The average molecular weight is 246 g/mol. The van der Waals surface area contributed by atoms with Gasteiger partial charge in [-0.15, -0.1) is 11.3 Å². The first-order chi connectivity index (χ1) is 7.25. The summed E-state index contributed by atoms with van der Waals surface area (Å²) in [5, 5.41) is 13.0. The number of aliphatic hydroxyl groups excluding tert-OH is 1. The van der Waals surface area contributed by atoms with Crippen molar-refractivity contribution >= 4 is 22.9 Å². The molecule has 4 heteroatoms. The van der Waals surface area contributed by atoms with Gasteiger partial charge in [-0.1, -0.05) is 11.6 Å². The van der Waals surface area contributed by atoms with E-state index in [1.165, 1.54) is 4.88 Å². The highest BCUT2D eigenvalue weighted by molar-refractivity contribution is 7.16. The second kappa shape index (κ2) is 5.30. The number of thiophene rings is 1. The van der Waals surface area contributed by atoms with Gasteiger partial charge in [-0.2, -0.15) is 0 Å². The van der Waals surface area contributed by atoms with Gasteiger partial charge in [-0.05, 0) is 37.8 Å². The molecule has 2 atom stereocenters. The molecule has 0 amide bonds. The van der Waals surface area contributed by atoms with E-state index >= 15 is 0 Å². The van der Waals surface area contributed by atoms with Crippen molar-refractivity contribution < 1.29 is 5.11 Å². The summed E-state index contributed by atoms with van der Waals surface area (Å²) in [6.07, 6.45) is 4.05. The third-order valence-electron chi connectivity index (χ3n) is 2.89. The van der Waals surface area contributed by atoms with Crippen molar-refractivity contribution in [2.75, 3.05) is 6.54 Å². The average Bonchev–Trinajstić information content (AvgIpc) is 2.77. The van der Waals surface area contributed by atoms with Crippen LogP contribution < -0.4 is 5.32 Å². The third-order valence-corrected chi connectivity index (χ3v) is 4.18. The van der Waals surface area contributed by atoms with Crippen LogP contribution in [0.4, 0.5) is 0 Å². The summed E-state index contributed by atoms with van der Waals surface area (Å²) in [4.78, 5) is 1.31. The lowest BCUT2D eigenvalue weighted by Gasteiger charge is -2.15. The minimum Gasteiger partial charge on any atom is -0.392 e. The molecule has 0 aromatic carbocycles. The summed E-state index contributed by atoms with van der Waals surface area (Å²) in [7, 11) is 0. The molecule has 15 heavy (non-hydrogen) atoms. The Morgan fingerprint density at radius 1 is 1.47 bits per heavy atom. The van der Waals surface area contributed by atoms with E-state index in [-0.39, 0.29) is 6.10 Å². The number of halogens is 1. The van der Waals surface area contributed by atoms with Crippen LogP contribution in [0.1, 0.15) is 24.1 Å². The molecule has 0 saturated heterocycles. The van der Waals surface area contributed by atoms with Crippen LogP contribution in [0.2, 0.25) is 4.34 Å². The topological polar surface area (TPSA) is 32.3 Å². The van der Waals surface area contributed by atoms with Crippen LogP contribution in [-0.2, 0) is 6.42 Å². The fourth-order valence-electron chi connectivity index (χ4n) is 2.05. The highest BCUT2D eigenvalue weighted by Gasteiger charge is 2.23. The molecule has 1 fully saturated rings. The zero-order chi connectivity index (χ0) is 10.7. The summed E-state index contributed by atoms with van der Waals surface area (Å²) >= 11 is 7.48. The van der Waals surface area contributed by atoms with Gasteiger partial charge in [0.2, 0.25) is 0 Å². The van der Waals surface area contributed by atoms with Gasteiger partial charge in [0.25, 0.3) is 0 Å². The molecule has 1 aliphatic rings. The maximum atomic E-state index is 9.61. The Kier molecular flexibility index (Phi) is 4.03. The number of hydrogen-bond donors (Lipinski definition) is 2. The Labute approximate surface area is 99.3 Å². The molecule has 0 unspecified atom stereocenters. The summed E-state index contributed by atoms with van der Waals surface area (Å²) in [5.41, 5.74) is 0. The van der Waals surface area contributed by atoms with Crippen LogP contribution in [-0.4, -0.2) is 23.8 Å². The lowest BCUT2D eigenvalue weighted by atomic mass is 10.2. The Morgan fingerprint density at radius 2 is 2.33 bits per heavy atom. The molecular weight excluding hydrogens is 230 g/mol. The van der Waals surface area contributed by atoms with E-state index in [1.54, 1.807) is 11.3 Å². The summed E-state index contributed by atoms with van der Waals surface area (Å²) in [5.74, 6) is 0. The molecule has 1 saturated carbocycles. The van der Waals surface area contributed by atoms with Gasteiger partial charge in [0.05, 0.1) is 10.4 Å². The van der Waals surface area contributed by atoms with Crippen molar-refractivity contribution in [1.82, 2.24) is 5.32 Å². The highest BCUT2D eigenvalue weighted by atomic mass is 35.5. The van der Waals surface area contributed by atoms with Crippen LogP contribution in [0.5, 0.6) is 0 Å². The highest BCUT2D eigenvalue weighted by Crippen LogP contribution is 2.22. The summed E-state index contributed by atoms with van der Waals surface area (Å²) in [6.45, 7) is 0.929. The Bertz CT molecular complexity index is 315. The second-order valence-corrected chi connectivity index (χ2v) is 5.81. The zero-order valence-electron chi connectivity index (χ0n) is 8.58. The Morgan fingerprint density at radius 3 is 2.93 bits per heavy atom. The number of hydrogen-bond acceptors (Lipinski definition) is 3. The molecule has 1 aromatic rings. The Hall–Kier alpha value is -0.0900. The van der Waals surface area contributed by atoms with Gasteiger partial charge in [-0.3, -0.25) is 0 Å². The van der Waals surface area contributed by atoms with Crippen molar-refractivity contribution in [3.8, 4) is 0 Å². The van der Waals surface area contributed by atoms with Gasteiger partial charge in [0.1, 0.15) is 0 Å². The van der Waals surface area contributed by atoms with Crippen LogP contribution >= 0.6 is 22.9 Å². The van der Waals surface area contributed by atoms with Crippen molar-refractivity contribution in [3.05, 3.63) is 21.3 Å². The lowest BCUT2D eigenvalue weighted by Crippen LogP contribution is -2.36. The quantitative estimate of drug-likeness (QED) is 0.854. The SMILES string of the molecule is O[C@@H]1CCC[C@H]1NCCc1ccc(Cl)s1. The van der Waals surface area contributed by atoms with Gasteiger partial charge in [0.15, 0.2) is 0 Å². The molecule has 1 aliphatic carbocycles. The smallest absolute Gasteiger partial charge is 0.0931 e. The molecule has 2 nitrogen and oxygen atoms in total. The minimum atomic E-state index is -0.142. The van der Waals surface area contributed by atoms with Crippen LogP contribution in [0.15, 0.2) is 12.1 Å². The zero-order valence-corrected chi connectivity index (χ0v) is 10.2. The number of nitrogens with one attached hydrogen (secondary N) is 1. The van der Waals surface area contributed by atoms with Crippen molar-refractivity contribution in [1.29, 1.82) is 0 Å². The first-order valence-corrected chi connectivity index (χ1v) is 6.61. The lowest BCUT2D eigenvalue weighted by molar-refractivity contribution is 0.149. The fraction of sp³-hybridized carbons (Fsp3) is 0.636. The molecule has 0 bridgehead atoms. The molecule has 2 N–H and O–H groups in total. The van der Waals surface area contributed by atoms with Gasteiger partial charge >= 0.3 is 0 Å². The molecule has 0 spiro atoms. The maximum absolute atomic E-state index is 9.61. The predicted octanol–water partition coefficient (Wildman–Crippen LogP) is 2.45. The standard InChI is InChI=1S/C11H16ClNOS/c12-11-5-4-8(15-11)6-7-13-9-2-1-3-10(9)14/h4-5,9-10,13-14H,1-3,6-7H2/t9-,10-/m1/s1. The van der Waals surface area contributed by atoms with E-state index in [1.807, 2.05) is 6.07 Å². The van der Waals surface area contributed by atoms with Gasteiger partial charge in [-0.25, -0.2) is 0 Å². The van der Waals surface area contributed by atoms with Crippen molar-refractivity contribution in [2.24, 2.45) is 0 Å². The normalized spacial score (nSPS) is 26.0. The second-order valence-electron chi connectivity index (χ2n) is 4.01. The van der Waals surface area contributed by atoms with E-state index in [2.05, 4.69) is 11.4 Å². The molecular formula is C11H16ClNOS. The molecule has 84 valence electrons. The Balaban J connectivity index is 1.70. The molecule has 1 heterocycles. The van der Waals surface area contributed by atoms with Crippen LogP contribution in [0.3, 0.4) is 0 Å². The van der Waals surface area contributed by atoms with Crippen LogP contribution in [0.25, 0.3) is 0 Å². The first-order valence-electron chi connectivity index (χ1n) is 5.41. The molecule has 0 radical (unpaired) electrons. The molecule has 2 rings (SSSR count). The summed E-state index contributed by atoms with van der Waals surface area (Å²) < 4.78 is 0.853. The van der Waals surface area contributed by atoms with E-state index in [0.29, 0.717) is 6.04 Å². The van der Waals surface area contributed by atoms with Gasteiger partial charge in [0, 0.05) is 17.5 Å². The largest absolute Gasteiger partial charge is 0.392 e. The summed E-state index contributed by atoms with van der Waals surface area (Å²) in [6, 6.07) is 4.31. The van der Waals surface area contributed by atoms with Crippen molar-refractivity contribution in [3.63, 3.8) is 0 Å². The van der Waals surface area contributed by atoms with Crippen LogP contribution in [0, 0.1) is 0 Å². The van der Waals surface area contributed by atoms with E-state index in [9.17, 15) is 5.11 Å². The molecule has 1 aromatic heterocycles. The minimum absolute atomic E-state index is 0.142. The molecule has 0 aliphatic heterocycles. The fourth-order valence-corrected chi connectivity index (χ4v) is 3.13. The van der Waals surface area contributed by atoms with Gasteiger partial charge < -0.3 is 10.4 Å². The number of aliphatic hydroxyl groups is 1. The predicted molar refractivity (Wildman–Crippen MR) is 64.7 cm³/mol. The monoisotopic (exact) mass is 245 g/mol. The third kappa shape index (κ3) is 3.18. The van der Waals surface area contributed by atoms with Crippen molar-refractivity contribution in [2.45, 2.75) is 37.8 Å². The number of rotatable bonds is 4. The first kappa shape index (κ1) is 11.4. The van der Waals surface area contributed by atoms with E-state index in [0.717, 1.165) is 36.6 Å². The maximum Gasteiger partial charge on any atom is 0.0931 e.